The van der Waals surface area contributed by atoms with Crippen LogP contribution < -0.4 is 10.6 Å². The number of halogens is 1. The molecule has 1 aromatic rings. The average molecular weight is 351 g/mol. The second-order valence-electron chi connectivity index (χ2n) is 5.50. The fourth-order valence-electron chi connectivity index (χ4n) is 2.65. The molecule has 2 N–H and O–H groups in total. The van der Waals surface area contributed by atoms with E-state index in [9.17, 15) is 4.79 Å². The molecule has 2 rings (SSSR count). The Bertz CT molecular complexity index is 481. The van der Waals surface area contributed by atoms with E-state index in [2.05, 4.69) is 38.7 Å². The Kier molecular flexibility index (Phi) is 6.80. The minimum atomic E-state index is -0.130. The molecule has 0 bridgehead atoms. The number of urea groups is 1. The van der Waals surface area contributed by atoms with Crippen molar-refractivity contribution in [3.05, 3.63) is 46.6 Å². The standard InChI is InChI=1S/C17H23BrN2O/c18-16-9-5-4-8-15(16)11-13-20-17(21)19-12-10-14-6-2-1-3-7-14/h4-5,8-10,12,14H,1-3,6-7,11,13H2,(H2,19,20,21)/b12-10+. The van der Waals surface area contributed by atoms with E-state index in [1.54, 1.807) is 6.20 Å². The Hall–Kier alpha value is -1.29. The van der Waals surface area contributed by atoms with Crippen LogP contribution >= 0.6 is 15.9 Å². The number of hydrogen-bond donors (Lipinski definition) is 2. The van der Waals surface area contributed by atoms with E-state index in [1.165, 1.54) is 37.7 Å². The van der Waals surface area contributed by atoms with Gasteiger partial charge in [-0.3, -0.25) is 0 Å². The maximum absolute atomic E-state index is 11.7. The lowest BCUT2D eigenvalue weighted by molar-refractivity contribution is 0.244. The molecule has 114 valence electrons. The molecule has 3 nitrogen and oxygen atoms in total. The summed E-state index contributed by atoms with van der Waals surface area (Å²) in [5.41, 5.74) is 1.20. The lowest BCUT2D eigenvalue weighted by Gasteiger charge is -2.17. The predicted octanol–water partition coefficient (Wildman–Crippen LogP) is 4.38. The normalized spacial score (nSPS) is 16.0. The molecular formula is C17H23BrN2O. The number of rotatable bonds is 5. The van der Waals surface area contributed by atoms with Crippen molar-refractivity contribution >= 4 is 22.0 Å². The van der Waals surface area contributed by atoms with Crippen LogP contribution in [0.3, 0.4) is 0 Å². The van der Waals surface area contributed by atoms with E-state index < -0.39 is 0 Å². The van der Waals surface area contributed by atoms with Crippen LogP contribution in [-0.4, -0.2) is 12.6 Å². The molecule has 1 aliphatic rings. The number of hydrogen-bond acceptors (Lipinski definition) is 1. The summed E-state index contributed by atoms with van der Waals surface area (Å²) in [4.78, 5) is 11.7. The first-order chi connectivity index (χ1) is 10.3. The van der Waals surface area contributed by atoms with Gasteiger partial charge >= 0.3 is 6.03 Å². The fraction of sp³-hybridized carbons (Fsp3) is 0.471. The molecule has 21 heavy (non-hydrogen) atoms. The van der Waals surface area contributed by atoms with Gasteiger partial charge in [0.1, 0.15) is 0 Å². The molecule has 2 amide bonds. The molecule has 0 aromatic heterocycles. The van der Waals surface area contributed by atoms with Gasteiger partial charge in [-0.15, -0.1) is 0 Å². The number of benzene rings is 1. The third kappa shape index (κ3) is 5.92. The van der Waals surface area contributed by atoms with Crippen LogP contribution in [0.4, 0.5) is 4.79 Å². The highest BCUT2D eigenvalue weighted by Gasteiger charge is 2.09. The molecule has 0 saturated heterocycles. The summed E-state index contributed by atoms with van der Waals surface area (Å²) in [6.45, 7) is 0.631. The third-order valence-electron chi connectivity index (χ3n) is 3.87. The zero-order valence-corrected chi connectivity index (χ0v) is 13.9. The first-order valence-electron chi connectivity index (χ1n) is 7.70. The van der Waals surface area contributed by atoms with Crippen molar-refractivity contribution in [2.24, 2.45) is 5.92 Å². The zero-order chi connectivity index (χ0) is 14.9. The van der Waals surface area contributed by atoms with Crippen LogP contribution in [0, 0.1) is 5.92 Å². The first kappa shape index (κ1) is 16.1. The van der Waals surface area contributed by atoms with E-state index in [0.717, 1.165) is 10.9 Å². The van der Waals surface area contributed by atoms with Crippen molar-refractivity contribution in [3.8, 4) is 0 Å². The second kappa shape index (κ2) is 8.88. The molecule has 0 radical (unpaired) electrons. The van der Waals surface area contributed by atoms with E-state index in [0.29, 0.717) is 12.5 Å². The van der Waals surface area contributed by atoms with E-state index >= 15 is 0 Å². The number of allylic oxidation sites excluding steroid dienone is 1. The molecule has 1 aliphatic carbocycles. The molecule has 0 heterocycles. The molecule has 1 aromatic carbocycles. The second-order valence-corrected chi connectivity index (χ2v) is 6.35. The lowest BCUT2D eigenvalue weighted by atomic mass is 9.89. The van der Waals surface area contributed by atoms with Gasteiger partial charge < -0.3 is 10.6 Å². The topological polar surface area (TPSA) is 41.1 Å². The van der Waals surface area contributed by atoms with E-state index in [-0.39, 0.29) is 6.03 Å². The van der Waals surface area contributed by atoms with Crippen LogP contribution in [0.15, 0.2) is 41.0 Å². The van der Waals surface area contributed by atoms with Crippen LogP contribution in [0.2, 0.25) is 0 Å². The van der Waals surface area contributed by atoms with Crippen molar-refractivity contribution in [2.75, 3.05) is 6.54 Å². The van der Waals surface area contributed by atoms with Crippen molar-refractivity contribution in [3.63, 3.8) is 0 Å². The van der Waals surface area contributed by atoms with Gasteiger partial charge in [-0.2, -0.15) is 0 Å². The average Bonchev–Trinajstić information content (AvgIpc) is 2.50. The minimum absolute atomic E-state index is 0.130. The highest BCUT2D eigenvalue weighted by Crippen LogP contribution is 2.24. The summed E-state index contributed by atoms with van der Waals surface area (Å²) in [6.07, 6.45) is 11.2. The summed E-state index contributed by atoms with van der Waals surface area (Å²) in [5.74, 6) is 0.638. The summed E-state index contributed by atoms with van der Waals surface area (Å²) < 4.78 is 1.09. The highest BCUT2D eigenvalue weighted by atomic mass is 79.9. The maximum atomic E-state index is 11.7. The third-order valence-corrected chi connectivity index (χ3v) is 4.64. The van der Waals surface area contributed by atoms with Crippen LogP contribution in [-0.2, 0) is 6.42 Å². The number of carbonyl (C=O) groups excluding carboxylic acids is 1. The Balaban J connectivity index is 1.63. The maximum Gasteiger partial charge on any atom is 0.318 e. The van der Waals surface area contributed by atoms with Crippen molar-refractivity contribution in [1.82, 2.24) is 10.6 Å². The Morgan fingerprint density at radius 3 is 2.76 bits per heavy atom. The van der Waals surface area contributed by atoms with Crippen molar-refractivity contribution in [2.45, 2.75) is 38.5 Å². The summed E-state index contributed by atoms with van der Waals surface area (Å²) in [5, 5.41) is 5.66. The largest absolute Gasteiger partial charge is 0.338 e. The van der Waals surface area contributed by atoms with E-state index in [1.807, 2.05) is 18.2 Å². The fourth-order valence-corrected chi connectivity index (χ4v) is 3.13. The molecule has 1 saturated carbocycles. The summed E-state index contributed by atoms with van der Waals surface area (Å²) in [6, 6.07) is 7.94. The van der Waals surface area contributed by atoms with Gasteiger partial charge in [0, 0.05) is 17.2 Å². The summed E-state index contributed by atoms with van der Waals surface area (Å²) >= 11 is 3.51. The molecule has 1 fully saturated rings. The number of carbonyl (C=O) groups is 1. The van der Waals surface area contributed by atoms with Crippen LogP contribution in [0.5, 0.6) is 0 Å². The zero-order valence-electron chi connectivity index (χ0n) is 12.3. The predicted molar refractivity (Wildman–Crippen MR) is 90.1 cm³/mol. The van der Waals surface area contributed by atoms with Crippen LogP contribution in [0.1, 0.15) is 37.7 Å². The van der Waals surface area contributed by atoms with Crippen molar-refractivity contribution < 1.29 is 4.79 Å². The first-order valence-corrected chi connectivity index (χ1v) is 8.49. The van der Waals surface area contributed by atoms with Crippen molar-refractivity contribution in [1.29, 1.82) is 0 Å². The molecular weight excluding hydrogens is 328 g/mol. The van der Waals surface area contributed by atoms with Gasteiger partial charge in [0.15, 0.2) is 0 Å². The lowest BCUT2D eigenvalue weighted by Crippen LogP contribution is -2.33. The quantitative estimate of drug-likeness (QED) is 0.812. The van der Waals surface area contributed by atoms with Crippen LogP contribution in [0.25, 0.3) is 0 Å². The Morgan fingerprint density at radius 1 is 1.24 bits per heavy atom. The van der Waals surface area contributed by atoms with E-state index in [4.69, 9.17) is 0 Å². The van der Waals surface area contributed by atoms with Gasteiger partial charge in [0.05, 0.1) is 0 Å². The molecule has 4 heteroatoms. The Morgan fingerprint density at radius 2 is 2.00 bits per heavy atom. The molecule has 0 spiro atoms. The summed E-state index contributed by atoms with van der Waals surface area (Å²) in [7, 11) is 0. The minimum Gasteiger partial charge on any atom is -0.338 e. The number of amides is 2. The van der Waals surface area contributed by atoms with Gasteiger partial charge in [-0.25, -0.2) is 4.79 Å². The monoisotopic (exact) mass is 350 g/mol. The van der Waals surface area contributed by atoms with Gasteiger partial charge in [0.2, 0.25) is 0 Å². The number of nitrogens with one attached hydrogen (secondary N) is 2. The molecule has 0 unspecified atom stereocenters. The van der Waals surface area contributed by atoms with Gasteiger partial charge in [0.25, 0.3) is 0 Å². The highest BCUT2D eigenvalue weighted by molar-refractivity contribution is 9.10. The molecule has 0 aliphatic heterocycles. The van der Waals surface area contributed by atoms with Gasteiger partial charge in [-0.1, -0.05) is 59.5 Å². The van der Waals surface area contributed by atoms with Gasteiger partial charge in [-0.05, 0) is 36.8 Å². The smallest absolute Gasteiger partial charge is 0.318 e. The molecule has 0 atom stereocenters. The Labute approximate surface area is 135 Å². The SMILES string of the molecule is O=C(N/C=C/C1CCCCC1)NCCc1ccccc1Br.